The normalized spacial score (nSPS) is 20.8. The molecule has 0 saturated carbocycles. The van der Waals surface area contributed by atoms with E-state index in [-0.39, 0.29) is 93.0 Å². The van der Waals surface area contributed by atoms with E-state index in [1.165, 1.54) is 0 Å². The number of imide groups is 2. The van der Waals surface area contributed by atoms with Gasteiger partial charge >= 0.3 is 0 Å². The van der Waals surface area contributed by atoms with Crippen LogP contribution in [0.4, 0.5) is 11.4 Å². The SMILES string of the molecule is Cc1ccc(S(=O)(=O)N2CC[C@@H]3[C@H](CO)Nc4ccc(-c5cccc(NC(=O)COCCOCCOCCc6cccc7c6C(=O)N(C6CCC(=O)NC6=O)C7=O)c5)cc4[C@@H]32)cc1. The third-order valence-electron chi connectivity index (χ3n) is 12.0. The van der Waals surface area contributed by atoms with Gasteiger partial charge in [0.05, 0.1) is 67.7 Å². The Bertz CT molecular complexity index is 2530. The third-order valence-corrected chi connectivity index (χ3v) is 13.9. The first-order chi connectivity index (χ1) is 30.4. The van der Waals surface area contributed by atoms with Gasteiger partial charge in [-0.25, -0.2) is 8.42 Å². The van der Waals surface area contributed by atoms with Crippen LogP contribution in [-0.4, -0.2) is 117 Å². The van der Waals surface area contributed by atoms with Crippen LogP contribution in [-0.2, 0) is 45.0 Å². The van der Waals surface area contributed by atoms with Crippen molar-refractivity contribution in [2.45, 2.75) is 55.6 Å². The number of ether oxygens (including phenoxy) is 3. The Balaban J connectivity index is 0.779. The molecule has 4 aliphatic rings. The lowest BCUT2D eigenvalue weighted by molar-refractivity contribution is -0.136. The quantitative estimate of drug-likeness (QED) is 0.0882. The molecule has 0 aromatic heterocycles. The highest BCUT2D eigenvalue weighted by Gasteiger charge is 2.49. The van der Waals surface area contributed by atoms with E-state index in [1.54, 1.807) is 52.8 Å². The number of aliphatic hydroxyl groups excluding tert-OH is 1. The Kier molecular flexibility index (Phi) is 13.1. The van der Waals surface area contributed by atoms with E-state index in [0.717, 1.165) is 32.8 Å². The highest BCUT2D eigenvalue weighted by atomic mass is 32.2. The lowest BCUT2D eigenvalue weighted by Crippen LogP contribution is -2.54. The minimum atomic E-state index is -3.82. The van der Waals surface area contributed by atoms with Crippen LogP contribution < -0.4 is 16.0 Å². The van der Waals surface area contributed by atoms with Crippen molar-refractivity contribution in [3.63, 3.8) is 0 Å². The maximum atomic E-state index is 14.0. The number of nitrogens with zero attached hydrogens (tertiary/aromatic N) is 2. The van der Waals surface area contributed by atoms with Crippen molar-refractivity contribution in [1.82, 2.24) is 14.5 Å². The number of anilines is 2. The molecular weight excluding hydrogens is 831 g/mol. The first kappa shape index (κ1) is 43.8. The number of carbonyl (C=O) groups is 5. The zero-order valence-corrected chi connectivity index (χ0v) is 35.5. The van der Waals surface area contributed by atoms with Gasteiger partial charge in [-0.05, 0) is 90.9 Å². The zero-order valence-electron chi connectivity index (χ0n) is 34.7. The number of carbonyl (C=O) groups excluding carboxylic acids is 5. The Morgan fingerprint density at radius 3 is 2.33 bits per heavy atom. The van der Waals surface area contributed by atoms with Gasteiger partial charge < -0.3 is 30.0 Å². The van der Waals surface area contributed by atoms with Crippen LogP contribution in [0.2, 0.25) is 0 Å². The lowest BCUT2D eigenvalue weighted by atomic mass is 9.82. The van der Waals surface area contributed by atoms with Gasteiger partial charge in [0.1, 0.15) is 12.6 Å². The van der Waals surface area contributed by atoms with Crippen LogP contribution in [0.5, 0.6) is 0 Å². The van der Waals surface area contributed by atoms with Crippen molar-refractivity contribution in [1.29, 1.82) is 0 Å². The topological polar surface area (TPSA) is 210 Å². The predicted molar refractivity (Wildman–Crippen MR) is 230 cm³/mol. The summed E-state index contributed by atoms with van der Waals surface area (Å²) in [5.41, 5.74) is 5.90. The molecule has 4 N–H and O–H groups in total. The molecule has 4 aromatic carbocycles. The van der Waals surface area contributed by atoms with Gasteiger partial charge in [-0.15, -0.1) is 0 Å². The fourth-order valence-electron chi connectivity index (χ4n) is 8.87. The molecule has 17 heteroatoms. The number of sulfonamides is 1. The largest absolute Gasteiger partial charge is 0.394 e. The molecule has 0 bridgehead atoms. The minimum absolute atomic E-state index is 0.0474. The molecule has 2 fully saturated rings. The Morgan fingerprint density at radius 2 is 1.57 bits per heavy atom. The van der Waals surface area contributed by atoms with Gasteiger partial charge in [0.2, 0.25) is 27.7 Å². The molecule has 2 saturated heterocycles. The molecule has 330 valence electrons. The van der Waals surface area contributed by atoms with Crippen molar-refractivity contribution in [2.24, 2.45) is 5.92 Å². The first-order valence-electron chi connectivity index (χ1n) is 21.0. The second kappa shape index (κ2) is 18.9. The number of rotatable bonds is 17. The van der Waals surface area contributed by atoms with Crippen LogP contribution in [0.3, 0.4) is 0 Å². The second-order valence-electron chi connectivity index (χ2n) is 16.0. The molecule has 8 rings (SSSR count). The van der Waals surface area contributed by atoms with E-state index in [0.29, 0.717) is 30.6 Å². The summed E-state index contributed by atoms with van der Waals surface area (Å²) in [5.74, 6) is -2.67. The lowest BCUT2D eigenvalue weighted by Gasteiger charge is -2.39. The van der Waals surface area contributed by atoms with Crippen molar-refractivity contribution in [3.8, 4) is 11.1 Å². The third kappa shape index (κ3) is 9.16. The molecule has 5 amide bonds. The van der Waals surface area contributed by atoms with Crippen LogP contribution in [0.15, 0.2) is 89.8 Å². The molecule has 4 aliphatic heterocycles. The van der Waals surface area contributed by atoms with Crippen molar-refractivity contribution in [2.75, 3.05) is 63.4 Å². The zero-order chi connectivity index (χ0) is 44.3. The minimum Gasteiger partial charge on any atom is -0.394 e. The van der Waals surface area contributed by atoms with Gasteiger partial charge in [-0.3, -0.25) is 34.2 Å². The van der Waals surface area contributed by atoms with Gasteiger partial charge in [0.25, 0.3) is 11.8 Å². The summed E-state index contributed by atoms with van der Waals surface area (Å²) in [6.07, 6.45) is 1.09. The number of piperidine rings is 1. The summed E-state index contributed by atoms with van der Waals surface area (Å²) in [6.45, 7) is 3.10. The molecule has 0 spiro atoms. The van der Waals surface area contributed by atoms with E-state index in [2.05, 4.69) is 16.0 Å². The summed E-state index contributed by atoms with van der Waals surface area (Å²) >= 11 is 0. The van der Waals surface area contributed by atoms with Gasteiger partial charge in [-0.2, -0.15) is 4.31 Å². The standard InChI is InChI=1S/C46H49N5O11S/c1-28-8-11-33(12-9-28)63(58,59)50-18-16-34-38(26-52)48-37-13-10-31(25-36(37)43(34)50)30-5-2-6-32(24-30)47-41(54)27-62-23-22-61-21-20-60-19-17-29-4-3-7-35-42(29)46(57)51(45(35)56)39-14-15-40(53)49-44(39)55/h2-13,24-25,34,38-39,43,48,52H,14-23,26-27H2,1H3,(H,47,54)(H,49,53,55)/t34-,38+,39?,43-/m1/s1. The summed E-state index contributed by atoms with van der Waals surface area (Å²) in [5, 5.41) is 18.8. The monoisotopic (exact) mass is 879 g/mol. The molecule has 63 heavy (non-hydrogen) atoms. The van der Waals surface area contributed by atoms with E-state index in [9.17, 15) is 37.5 Å². The highest BCUT2D eigenvalue weighted by molar-refractivity contribution is 7.89. The molecule has 4 heterocycles. The fourth-order valence-corrected chi connectivity index (χ4v) is 10.5. The number of amides is 5. The Labute approximate surface area is 364 Å². The van der Waals surface area contributed by atoms with Crippen molar-refractivity contribution >= 4 is 50.9 Å². The summed E-state index contributed by atoms with van der Waals surface area (Å²) in [6, 6.07) is 23.3. The first-order valence-corrected chi connectivity index (χ1v) is 22.5. The van der Waals surface area contributed by atoms with Gasteiger partial charge in [-0.1, -0.05) is 48.0 Å². The predicted octanol–water partition coefficient (Wildman–Crippen LogP) is 3.83. The van der Waals surface area contributed by atoms with E-state index in [1.807, 2.05) is 43.3 Å². The van der Waals surface area contributed by atoms with E-state index < -0.39 is 45.7 Å². The number of hydrogen-bond donors (Lipinski definition) is 4. The number of hydrogen-bond acceptors (Lipinski definition) is 12. The fraction of sp³-hybridized carbons (Fsp3) is 0.370. The summed E-state index contributed by atoms with van der Waals surface area (Å²) in [4.78, 5) is 64.3. The van der Waals surface area contributed by atoms with E-state index in [4.69, 9.17) is 14.2 Å². The maximum Gasteiger partial charge on any atom is 0.262 e. The summed E-state index contributed by atoms with van der Waals surface area (Å²) < 4.78 is 46.3. The number of benzene rings is 4. The molecule has 4 atom stereocenters. The molecule has 4 aromatic rings. The van der Waals surface area contributed by atoms with Crippen LogP contribution in [0.25, 0.3) is 11.1 Å². The van der Waals surface area contributed by atoms with Crippen molar-refractivity contribution < 1.29 is 51.7 Å². The Hall–Kier alpha value is -5.82. The number of fused-ring (bicyclic) bond motifs is 4. The van der Waals surface area contributed by atoms with Gasteiger partial charge in [0, 0.05) is 30.3 Å². The van der Waals surface area contributed by atoms with Crippen LogP contribution >= 0.6 is 0 Å². The molecule has 0 radical (unpaired) electrons. The van der Waals surface area contributed by atoms with Gasteiger partial charge in [0.15, 0.2) is 0 Å². The number of nitrogens with one attached hydrogen (secondary N) is 3. The van der Waals surface area contributed by atoms with E-state index >= 15 is 0 Å². The van der Waals surface area contributed by atoms with Crippen molar-refractivity contribution in [3.05, 3.63) is 113 Å². The molecule has 0 aliphatic carbocycles. The second-order valence-corrected chi connectivity index (χ2v) is 17.9. The highest BCUT2D eigenvalue weighted by Crippen LogP contribution is 2.49. The molecule has 1 unspecified atom stereocenters. The molecular formula is C46H49N5O11S. The smallest absolute Gasteiger partial charge is 0.262 e. The summed E-state index contributed by atoms with van der Waals surface area (Å²) in [7, 11) is -3.82. The molecule has 16 nitrogen and oxygen atoms in total. The maximum absolute atomic E-state index is 14.0. The average Bonchev–Trinajstić information content (AvgIpc) is 3.84. The van der Waals surface area contributed by atoms with Crippen LogP contribution in [0, 0.1) is 12.8 Å². The average molecular weight is 880 g/mol. The number of aliphatic hydroxyl groups is 1. The Morgan fingerprint density at radius 1 is 0.841 bits per heavy atom. The number of aryl methyl sites for hydroxylation is 1. The van der Waals surface area contributed by atoms with Crippen LogP contribution in [0.1, 0.15) is 62.7 Å².